The van der Waals surface area contributed by atoms with E-state index >= 15 is 0 Å². The first-order valence-electron chi connectivity index (χ1n) is 6.78. The van der Waals surface area contributed by atoms with E-state index in [0.29, 0.717) is 19.5 Å². The van der Waals surface area contributed by atoms with Crippen molar-refractivity contribution in [2.75, 3.05) is 20.1 Å². The van der Waals surface area contributed by atoms with Crippen LogP contribution in [0.4, 0.5) is 0 Å². The van der Waals surface area contributed by atoms with Crippen molar-refractivity contribution in [1.82, 2.24) is 9.88 Å². The van der Waals surface area contributed by atoms with Crippen LogP contribution in [0.5, 0.6) is 0 Å². The fourth-order valence-electron chi connectivity index (χ4n) is 1.95. The number of carbonyl (C=O) groups is 1. The van der Waals surface area contributed by atoms with Gasteiger partial charge in [0.15, 0.2) is 0 Å². The molecule has 1 rings (SSSR count). The SMILES string of the molecule is CN(CC(C)(C)CN)C(=O)CCCc1ccccn1. The number of pyridine rings is 1. The average Bonchev–Trinajstić information content (AvgIpc) is 2.39. The third-order valence-electron chi connectivity index (χ3n) is 3.19. The molecule has 0 aromatic carbocycles. The zero-order valence-corrected chi connectivity index (χ0v) is 12.2. The van der Waals surface area contributed by atoms with E-state index in [0.717, 1.165) is 18.5 Å². The lowest BCUT2D eigenvalue weighted by Gasteiger charge is -2.29. The number of carbonyl (C=O) groups excluding carboxylic acids is 1. The van der Waals surface area contributed by atoms with Crippen LogP contribution in [0.3, 0.4) is 0 Å². The zero-order valence-electron chi connectivity index (χ0n) is 12.2. The van der Waals surface area contributed by atoms with Gasteiger partial charge in [-0.15, -0.1) is 0 Å². The van der Waals surface area contributed by atoms with Crippen molar-refractivity contribution in [3.8, 4) is 0 Å². The Balaban J connectivity index is 2.31. The van der Waals surface area contributed by atoms with Gasteiger partial charge in [-0.25, -0.2) is 0 Å². The molecule has 106 valence electrons. The third-order valence-corrected chi connectivity index (χ3v) is 3.19. The molecule has 0 aliphatic carbocycles. The monoisotopic (exact) mass is 263 g/mol. The van der Waals surface area contributed by atoms with Gasteiger partial charge < -0.3 is 10.6 Å². The summed E-state index contributed by atoms with van der Waals surface area (Å²) in [6.45, 7) is 5.43. The predicted molar refractivity (Wildman–Crippen MR) is 77.6 cm³/mol. The summed E-state index contributed by atoms with van der Waals surface area (Å²) in [5, 5.41) is 0. The molecular formula is C15H25N3O. The second kappa shape index (κ2) is 7.24. The van der Waals surface area contributed by atoms with Crippen LogP contribution in [0.15, 0.2) is 24.4 Å². The molecule has 1 aromatic heterocycles. The van der Waals surface area contributed by atoms with E-state index in [1.54, 1.807) is 11.1 Å². The second-order valence-corrected chi connectivity index (χ2v) is 5.79. The highest BCUT2D eigenvalue weighted by Gasteiger charge is 2.20. The van der Waals surface area contributed by atoms with Crippen molar-refractivity contribution in [3.05, 3.63) is 30.1 Å². The smallest absolute Gasteiger partial charge is 0.222 e. The third kappa shape index (κ3) is 5.83. The number of aryl methyl sites for hydroxylation is 1. The summed E-state index contributed by atoms with van der Waals surface area (Å²) in [5.41, 5.74) is 6.70. The van der Waals surface area contributed by atoms with Crippen LogP contribution >= 0.6 is 0 Å². The quantitative estimate of drug-likeness (QED) is 0.816. The predicted octanol–water partition coefficient (Wildman–Crippen LogP) is 1.85. The van der Waals surface area contributed by atoms with Gasteiger partial charge in [0.25, 0.3) is 0 Å². The van der Waals surface area contributed by atoms with Crippen molar-refractivity contribution in [3.63, 3.8) is 0 Å². The van der Waals surface area contributed by atoms with E-state index in [4.69, 9.17) is 5.73 Å². The van der Waals surface area contributed by atoms with E-state index in [-0.39, 0.29) is 11.3 Å². The minimum Gasteiger partial charge on any atom is -0.345 e. The first-order valence-corrected chi connectivity index (χ1v) is 6.78. The van der Waals surface area contributed by atoms with Crippen LogP contribution in [0.25, 0.3) is 0 Å². The summed E-state index contributed by atoms with van der Waals surface area (Å²) >= 11 is 0. The molecule has 19 heavy (non-hydrogen) atoms. The topological polar surface area (TPSA) is 59.2 Å². The zero-order chi connectivity index (χ0) is 14.3. The molecule has 4 nitrogen and oxygen atoms in total. The fraction of sp³-hybridized carbons (Fsp3) is 0.600. The maximum atomic E-state index is 12.0. The van der Waals surface area contributed by atoms with Crippen molar-refractivity contribution < 1.29 is 4.79 Å². The molecule has 4 heteroatoms. The van der Waals surface area contributed by atoms with Crippen LogP contribution < -0.4 is 5.73 Å². The normalized spacial score (nSPS) is 11.4. The average molecular weight is 263 g/mol. The van der Waals surface area contributed by atoms with E-state index in [9.17, 15) is 4.79 Å². The Kier molecular flexibility index (Phi) is 5.96. The largest absolute Gasteiger partial charge is 0.345 e. The van der Waals surface area contributed by atoms with E-state index < -0.39 is 0 Å². The molecule has 0 unspecified atom stereocenters. The van der Waals surface area contributed by atoms with Gasteiger partial charge in [0, 0.05) is 31.9 Å². The van der Waals surface area contributed by atoms with Gasteiger partial charge in [-0.1, -0.05) is 19.9 Å². The molecule has 1 heterocycles. The molecule has 0 aliphatic heterocycles. The molecule has 0 aliphatic rings. The highest BCUT2D eigenvalue weighted by molar-refractivity contribution is 5.75. The number of rotatable bonds is 7. The molecule has 0 radical (unpaired) electrons. The summed E-state index contributed by atoms with van der Waals surface area (Å²) in [7, 11) is 1.85. The highest BCUT2D eigenvalue weighted by atomic mass is 16.2. The van der Waals surface area contributed by atoms with Gasteiger partial charge in [-0.2, -0.15) is 0 Å². The molecule has 1 aromatic rings. The van der Waals surface area contributed by atoms with E-state index in [1.807, 2.05) is 25.2 Å². The highest BCUT2D eigenvalue weighted by Crippen LogP contribution is 2.14. The molecule has 0 atom stereocenters. The van der Waals surface area contributed by atoms with Crippen LogP contribution in [-0.2, 0) is 11.2 Å². The molecule has 0 saturated heterocycles. The number of hydrogen-bond donors (Lipinski definition) is 1. The Morgan fingerprint density at radius 3 is 2.74 bits per heavy atom. The van der Waals surface area contributed by atoms with Gasteiger partial charge >= 0.3 is 0 Å². The van der Waals surface area contributed by atoms with Crippen LogP contribution in [0.1, 0.15) is 32.4 Å². The number of hydrogen-bond acceptors (Lipinski definition) is 3. The van der Waals surface area contributed by atoms with Gasteiger partial charge in [0.2, 0.25) is 5.91 Å². The minimum absolute atomic E-state index is 0.0224. The van der Waals surface area contributed by atoms with Gasteiger partial charge in [0.1, 0.15) is 0 Å². The van der Waals surface area contributed by atoms with Crippen LogP contribution in [-0.4, -0.2) is 35.9 Å². The first-order chi connectivity index (χ1) is 8.94. The van der Waals surface area contributed by atoms with Gasteiger partial charge in [0.05, 0.1) is 0 Å². The molecular weight excluding hydrogens is 238 g/mol. The summed E-state index contributed by atoms with van der Waals surface area (Å²) < 4.78 is 0. The summed E-state index contributed by atoms with van der Waals surface area (Å²) in [5.74, 6) is 0.178. The lowest BCUT2D eigenvalue weighted by molar-refractivity contribution is -0.131. The molecule has 2 N–H and O–H groups in total. The Morgan fingerprint density at radius 2 is 2.16 bits per heavy atom. The lowest BCUT2D eigenvalue weighted by atomic mass is 9.93. The van der Waals surface area contributed by atoms with E-state index in [2.05, 4.69) is 18.8 Å². The Hall–Kier alpha value is -1.42. The Labute approximate surface area is 116 Å². The summed E-state index contributed by atoms with van der Waals surface area (Å²) in [4.78, 5) is 18.0. The first kappa shape index (κ1) is 15.6. The van der Waals surface area contributed by atoms with Crippen molar-refractivity contribution in [2.45, 2.75) is 33.1 Å². The maximum absolute atomic E-state index is 12.0. The second-order valence-electron chi connectivity index (χ2n) is 5.79. The fourth-order valence-corrected chi connectivity index (χ4v) is 1.95. The van der Waals surface area contributed by atoms with E-state index in [1.165, 1.54) is 0 Å². The van der Waals surface area contributed by atoms with Crippen molar-refractivity contribution in [2.24, 2.45) is 11.1 Å². The van der Waals surface area contributed by atoms with Crippen molar-refractivity contribution in [1.29, 1.82) is 0 Å². The minimum atomic E-state index is -0.0224. The Bertz CT molecular complexity index is 390. The van der Waals surface area contributed by atoms with Gasteiger partial charge in [-0.3, -0.25) is 9.78 Å². The summed E-state index contributed by atoms with van der Waals surface area (Å²) in [6, 6.07) is 5.86. The number of amides is 1. The summed E-state index contributed by atoms with van der Waals surface area (Å²) in [6.07, 6.45) is 4.03. The van der Waals surface area contributed by atoms with Crippen LogP contribution in [0, 0.1) is 5.41 Å². The molecule has 0 spiro atoms. The van der Waals surface area contributed by atoms with Crippen LogP contribution in [0.2, 0.25) is 0 Å². The number of nitrogens with zero attached hydrogens (tertiary/aromatic N) is 2. The number of aromatic nitrogens is 1. The molecule has 0 fully saturated rings. The molecule has 0 saturated carbocycles. The molecule has 1 amide bonds. The standard InChI is InChI=1S/C15H25N3O/c1-15(2,11-16)12-18(3)14(19)9-6-8-13-7-4-5-10-17-13/h4-5,7,10H,6,8-9,11-12,16H2,1-3H3. The van der Waals surface area contributed by atoms with Gasteiger partial charge in [-0.05, 0) is 36.9 Å². The molecule has 0 bridgehead atoms. The lowest BCUT2D eigenvalue weighted by Crippen LogP contribution is -2.39. The Morgan fingerprint density at radius 1 is 1.42 bits per heavy atom. The van der Waals surface area contributed by atoms with Crippen molar-refractivity contribution >= 4 is 5.91 Å². The number of nitrogens with two attached hydrogens (primary N) is 1. The maximum Gasteiger partial charge on any atom is 0.222 e.